The first-order valence-electron chi connectivity index (χ1n) is 23.3. The summed E-state index contributed by atoms with van der Waals surface area (Å²) >= 11 is 6.07. The molecule has 2 amide bonds. The van der Waals surface area contributed by atoms with Gasteiger partial charge in [0, 0.05) is 56.3 Å². The molecule has 2 aliphatic carbocycles. The van der Waals surface area contributed by atoms with Gasteiger partial charge >= 0.3 is 12.2 Å². The number of alkyl halides is 1. The molecule has 1 heterocycles. The highest BCUT2D eigenvalue weighted by atomic mass is 35.5. The lowest BCUT2D eigenvalue weighted by atomic mass is 9.55. The summed E-state index contributed by atoms with van der Waals surface area (Å²) < 4.78 is 40.3. The Morgan fingerprint density at radius 1 is 0.971 bits per heavy atom. The summed E-state index contributed by atoms with van der Waals surface area (Å²) in [5.41, 5.74) is 3.97. The van der Waals surface area contributed by atoms with E-state index in [1.807, 2.05) is 36.4 Å². The molecule has 3 N–H and O–H groups in total. The third-order valence-corrected chi connectivity index (χ3v) is 13.0. The molecule has 0 saturated heterocycles. The average molecular weight is 970 g/mol. The molecular weight excluding hydrogens is 911 g/mol. The van der Waals surface area contributed by atoms with Crippen molar-refractivity contribution in [3.05, 3.63) is 160 Å². The third-order valence-electron chi connectivity index (χ3n) is 12.9. The van der Waals surface area contributed by atoms with Gasteiger partial charge in [-0.05, 0) is 102 Å². The molecule has 3 aliphatic rings. The molecule has 69 heavy (non-hydrogen) atoms. The zero-order chi connectivity index (χ0) is 48.8. The number of rotatable bonds is 23. The van der Waals surface area contributed by atoms with E-state index in [4.69, 9.17) is 40.5 Å². The van der Waals surface area contributed by atoms with Crippen LogP contribution in [-0.4, -0.2) is 82.1 Å². The Hall–Kier alpha value is -6.33. The number of carbonyl (C=O) groups is 2. The van der Waals surface area contributed by atoms with Gasteiger partial charge in [-0.1, -0.05) is 72.6 Å². The zero-order valence-electron chi connectivity index (χ0n) is 38.3. The van der Waals surface area contributed by atoms with Crippen LogP contribution in [0.3, 0.4) is 0 Å². The second-order valence-electron chi connectivity index (χ2n) is 17.3. The minimum absolute atomic E-state index is 0.00696. The number of hydrogen-bond donors (Lipinski definition) is 3. The van der Waals surface area contributed by atoms with E-state index in [0.717, 1.165) is 16.7 Å². The lowest BCUT2D eigenvalue weighted by Gasteiger charge is -2.59. The molecule has 1 aliphatic heterocycles. The Kier molecular flexibility index (Phi) is 17.8. The number of unbranched alkanes of at least 4 members (excludes halogenated alkanes) is 2. The molecule has 0 radical (unpaired) electrons. The number of aliphatic hydroxyl groups is 2. The second-order valence-corrected chi connectivity index (χ2v) is 17.6. The van der Waals surface area contributed by atoms with Crippen LogP contribution in [0.15, 0.2) is 127 Å². The maximum Gasteiger partial charge on any atom is 0.412 e. The molecule has 15 nitrogen and oxygen atoms in total. The molecule has 1 fully saturated rings. The van der Waals surface area contributed by atoms with Crippen LogP contribution in [0.2, 0.25) is 0 Å². The molecule has 4 aromatic carbocycles. The van der Waals surface area contributed by atoms with Crippen molar-refractivity contribution in [2.45, 2.75) is 82.4 Å². The maximum atomic E-state index is 14.6. The molecule has 0 unspecified atom stereocenters. The lowest BCUT2D eigenvalue weighted by molar-refractivity contribution is -0.384. The molecule has 6 atom stereocenters. The number of nitro groups is 1. The van der Waals surface area contributed by atoms with Crippen LogP contribution in [0, 0.1) is 33.7 Å². The van der Waals surface area contributed by atoms with Crippen LogP contribution in [0.25, 0.3) is 0 Å². The Morgan fingerprint density at radius 2 is 1.70 bits per heavy atom. The number of benzene rings is 4. The number of non-ortho nitro benzene ring substituents is 1. The predicted octanol–water partition coefficient (Wildman–Crippen LogP) is 9.73. The van der Waals surface area contributed by atoms with Gasteiger partial charge in [-0.2, -0.15) is 0 Å². The number of nitrogens with one attached hydrogen (secondary N) is 1. The number of amides is 2. The predicted molar refractivity (Wildman–Crippen MR) is 256 cm³/mol. The van der Waals surface area contributed by atoms with Crippen molar-refractivity contribution >= 4 is 35.2 Å². The molecule has 0 spiro atoms. The number of allylic oxidation sites excluding steroid dienone is 1. The van der Waals surface area contributed by atoms with Gasteiger partial charge in [0.15, 0.2) is 0 Å². The zero-order valence-corrected chi connectivity index (χ0v) is 39.0. The molecule has 7 rings (SSSR count). The van der Waals surface area contributed by atoms with E-state index in [-0.39, 0.29) is 81.7 Å². The minimum atomic E-state index is -1.67. The third kappa shape index (κ3) is 12.3. The Balaban J connectivity index is 1.41. The highest BCUT2D eigenvalue weighted by Gasteiger charge is 2.65. The monoisotopic (exact) mass is 968 g/mol. The van der Waals surface area contributed by atoms with Crippen molar-refractivity contribution in [1.29, 1.82) is 0 Å². The van der Waals surface area contributed by atoms with Gasteiger partial charge in [0.25, 0.3) is 5.69 Å². The van der Waals surface area contributed by atoms with Crippen molar-refractivity contribution < 1.29 is 52.9 Å². The van der Waals surface area contributed by atoms with Crippen LogP contribution < -0.4 is 14.8 Å². The van der Waals surface area contributed by atoms with Crippen molar-refractivity contribution in [1.82, 2.24) is 10.2 Å². The first-order valence-corrected chi connectivity index (χ1v) is 23.8. The number of nitrogens with zero attached hydrogens (tertiary/aromatic N) is 3. The summed E-state index contributed by atoms with van der Waals surface area (Å²) in [5, 5.41) is 39.0. The molecule has 4 aromatic rings. The summed E-state index contributed by atoms with van der Waals surface area (Å²) in [6, 6.07) is 25.4. The van der Waals surface area contributed by atoms with E-state index in [1.54, 1.807) is 42.5 Å². The summed E-state index contributed by atoms with van der Waals surface area (Å²) in [4.78, 5) is 46.4. The van der Waals surface area contributed by atoms with Crippen molar-refractivity contribution in [3.8, 4) is 11.5 Å². The fourth-order valence-corrected chi connectivity index (χ4v) is 9.90. The van der Waals surface area contributed by atoms with Gasteiger partial charge < -0.3 is 39.3 Å². The van der Waals surface area contributed by atoms with Gasteiger partial charge in [0.2, 0.25) is 5.79 Å². The van der Waals surface area contributed by atoms with Gasteiger partial charge in [-0.25, -0.2) is 14.0 Å². The largest absolute Gasteiger partial charge is 0.459 e. The lowest BCUT2D eigenvalue weighted by Crippen LogP contribution is -2.70. The van der Waals surface area contributed by atoms with E-state index < -0.39 is 46.6 Å². The van der Waals surface area contributed by atoms with Crippen LogP contribution in [0.4, 0.5) is 19.7 Å². The summed E-state index contributed by atoms with van der Waals surface area (Å²) in [6.45, 7) is 4.00. The van der Waals surface area contributed by atoms with Gasteiger partial charge in [0.1, 0.15) is 36.6 Å². The SMILES string of the molecule is C=CCO[C@@]12Oc3ccc(OC(=O)NCc4ccccc4)cc3[C@H]3[C@H](CCCCO)[C@@H](CCCCO)C=C(C(=NOCc4ccc([N+](=O)[O-])cc4)C[C@@H]1N(Cc1ccc(F)cc1)C(=O)OCCCl)[C@H]32. The van der Waals surface area contributed by atoms with E-state index in [2.05, 4.69) is 18.0 Å². The summed E-state index contributed by atoms with van der Waals surface area (Å²) in [7, 11) is 0. The highest BCUT2D eigenvalue weighted by Crippen LogP contribution is 2.62. The minimum Gasteiger partial charge on any atom is -0.459 e. The fourth-order valence-electron chi connectivity index (χ4n) is 9.82. The number of carbonyl (C=O) groups excluding carboxylic acids is 2. The van der Waals surface area contributed by atoms with E-state index in [9.17, 15) is 34.3 Å². The Bertz CT molecular complexity index is 2440. The van der Waals surface area contributed by atoms with E-state index >= 15 is 0 Å². The number of aliphatic hydroxyl groups excluding tert-OH is 2. The summed E-state index contributed by atoms with van der Waals surface area (Å²) in [6.07, 6.45) is 6.23. The number of hydrogen-bond acceptors (Lipinski definition) is 12. The van der Waals surface area contributed by atoms with Crippen LogP contribution in [0.1, 0.15) is 73.1 Å². The molecule has 0 bridgehead atoms. The number of fused-ring (bicyclic) bond motifs is 2. The van der Waals surface area contributed by atoms with Crippen LogP contribution in [-0.2, 0) is 34.0 Å². The molecular formula is C52H58ClFN4O11. The smallest absolute Gasteiger partial charge is 0.412 e. The normalized spacial score (nSPS) is 21.7. The van der Waals surface area contributed by atoms with E-state index in [0.29, 0.717) is 61.1 Å². The van der Waals surface area contributed by atoms with Crippen molar-refractivity contribution in [2.24, 2.45) is 22.9 Å². The molecule has 0 aromatic heterocycles. The fraction of sp³-hybridized carbons (Fsp3) is 0.404. The van der Waals surface area contributed by atoms with E-state index in [1.165, 1.54) is 29.2 Å². The number of ether oxygens (including phenoxy) is 4. The Morgan fingerprint density at radius 3 is 2.39 bits per heavy atom. The molecule has 1 saturated carbocycles. The first-order chi connectivity index (χ1) is 33.6. The summed E-state index contributed by atoms with van der Waals surface area (Å²) in [5.74, 6) is -2.85. The second kappa shape index (κ2) is 24.3. The van der Waals surface area contributed by atoms with Gasteiger partial charge in [0.05, 0.1) is 29.0 Å². The Labute approximate surface area is 405 Å². The molecule has 17 heteroatoms. The average Bonchev–Trinajstić information content (AvgIpc) is 3.36. The van der Waals surface area contributed by atoms with Crippen molar-refractivity contribution in [2.75, 3.05) is 32.3 Å². The van der Waals surface area contributed by atoms with Gasteiger partial charge in [-0.15, -0.1) is 18.2 Å². The topological polar surface area (TPSA) is 192 Å². The standard InChI is InChI=1S/C52H58ClFN4O11/c1-2-27-66-52-47(57(51(62)65-28-24-53)33-36-14-18-39(54)19-15-36)31-45(56-67-34-37-16-20-40(21-17-37)58(63)64)43-29-38(12-6-8-25-59)42(13-7-9-26-60)48(49(43)52)44-30-41(22-23-46(44)69-52)68-50(61)55-32-35-10-4-3-5-11-35/h2-5,10-11,14-23,29-30,38,42,47-49,59-60H,1,6-9,12-13,24-28,31-34H2,(H,55,61)/t38-,42+,47-,48+,49+,52+/m0/s1. The number of nitro benzene ring substituents is 1. The maximum absolute atomic E-state index is 14.6. The van der Waals surface area contributed by atoms with Crippen LogP contribution in [0.5, 0.6) is 11.5 Å². The van der Waals surface area contributed by atoms with Gasteiger partial charge in [-0.3, -0.25) is 15.0 Å². The number of oxime groups is 1. The first kappa shape index (κ1) is 50.5. The van der Waals surface area contributed by atoms with Crippen LogP contribution >= 0.6 is 11.6 Å². The van der Waals surface area contributed by atoms with Crippen molar-refractivity contribution in [3.63, 3.8) is 0 Å². The number of halogens is 2. The molecule has 366 valence electrons. The quantitative estimate of drug-likeness (QED) is 0.0211. The highest BCUT2D eigenvalue weighted by molar-refractivity contribution is 6.18.